The molecule has 0 radical (unpaired) electrons. The number of carbonyl (C=O) groups excluding carboxylic acids is 1. The Labute approximate surface area is 89.4 Å². The normalized spacial score (nSPS) is 10.0. The fourth-order valence-corrected chi connectivity index (χ4v) is 1.21. The van der Waals surface area contributed by atoms with Crippen LogP contribution >= 0.6 is 0 Å². The second-order valence-corrected chi connectivity index (χ2v) is 3.29. The van der Waals surface area contributed by atoms with Crippen LogP contribution in [0.4, 0.5) is 0 Å². The summed E-state index contributed by atoms with van der Waals surface area (Å²) < 4.78 is 5.49. The van der Waals surface area contributed by atoms with Gasteiger partial charge >= 0.3 is 0 Å². The third-order valence-corrected chi connectivity index (χ3v) is 2.01. The van der Waals surface area contributed by atoms with E-state index in [2.05, 4.69) is 23.8 Å². The Balaban J connectivity index is 2.60. The summed E-state index contributed by atoms with van der Waals surface area (Å²) in [4.78, 5) is 15.2. The number of rotatable bonds is 5. The largest absolute Gasteiger partial charge is 0.444 e. The predicted molar refractivity (Wildman–Crippen MR) is 57.3 cm³/mol. The van der Waals surface area contributed by atoms with Crippen LogP contribution in [-0.4, -0.2) is 10.9 Å². The van der Waals surface area contributed by atoms with Gasteiger partial charge in [-0.1, -0.05) is 13.5 Å². The van der Waals surface area contributed by atoms with Crippen molar-refractivity contribution >= 4 is 5.91 Å². The van der Waals surface area contributed by atoms with Gasteiger partial charge in [0.05, 0.1) is 12.2 Å². The maximum Gasteiger partial charge on any atom is 0.243 e. The quantitative estimate of drug-likeness (QED) is 0.750. The molecule has 4 heteroatoms. The number of aromatic nitrogens is 1. The molecule has 1 aromatic rings. The summed E-state index contributed by atoms with van der Waals surface area (Å²) in [5, 5.41) is 2.65. The molecule has 1 N–H and O–H groups in total. The molecule has 0 aliphatic carbocycles. The Morgan fingerprint density at radius 1 is 1.67 bits per heavy atom. The molecule has 0 aliphatic heterocycles. The molecule has 0 aliphatic rings. The van der Waals surface area contributed by atoms with Crippen molar-refractivity contribution in [1.82, 2.24) is 10.3 Å². The minimum absolute atomic E-state index is 0.206. The lowest BCUT2D eigenvalue weighted by Crippen LogP contribution is -2.20. The van der Waals surface area contributed by atoms with Gasteiger partial charge < -0.3 is 9.73 Å². The van der Waals surface area contributed by atoms with Gasteiger partial charge in [-0.3, -0.25) is 4.79 Å². The molecule has 0 unspecified atom stereocenters. The number of aryl methyl sites for hydroxylation is 2. The summed E-state index contributed by atoms with van der Waals surface area (Å²) in [5.74, 6) is 1.24. The van der Waals surface area contributed by atoms with Gasteiger partial charge in [-0.05, 0) is 19.4 Å². The van der Waals surface area contributed by atoms with Gasteiger partial charge in [0.1, 0.15) is 5.76 Å². The van der Waals surface area contributed by atoms with Crippen LogP contribution in [0.5, 0.6) is 0 Å². The van der Waals surface area contributed by atoms with Crippen molar-refractivity contribution in [3.05, 3.63) is 30.0 Å². The van der Waals surface area contributed by atoms with E-state index >= 15 is 0 Å². The number of hydrogen-bond donors (Lipinski definition) is 1. The van der Waals surface area contributed by atoms with Gasteiger partial charge in [0, 0.05) is 6.42 Å². The van der Waals surface area contributed by atoms with Crippen molar-refractivity contribution in [1.29, 1.82) is 0 Å². The van der Waals surface area contributed by atoms with E-state index in [0.717, 1.165) is 24.4 Å². The highest BCUT2D eigenvalue weighted by Gasteiger charge is 2.08. The van der Waals surface area contributed by atoms with Crippen LogP contribution in [0.2, 0.25) is 0 Å². The lowest BCUT2D eigenvalue weighted by Gasteiger charge is -1.98. The average molecular weight is 208 g/mol. The zero-order valence-corrected chi connectivity index (χ0v) is 9.17. The third-order valence-electron chi connectivity index (χ3n) is 2.01. The average Bonchev–Trinajstić information content (AvgIpc) is 2.56. The first-order chi connectivity index (χ1) is 7.17. The highest BCUT2D eigenvalue weighted by Crippen LogP contribution is 2.11. The highest BCUT2D eigenvalue weighted by atomic mass is 16.4. The lowest BCUT2D eigenvalue weighted by atomic mass is 10.3. The SMILES string of the molecule is C=CC(=O)NCc1oc(CCC)nc1C. The fourth-order valence-electron chi connectivity index (χ4n) is 1.21. The van der Waals surface area contributed by atoms with Gasteiger partial charge in [-0.25, -0.2) is 4.98 Å². The number of hydrogen-bond acceptors (Lipinski definition) is 3. The van der Waals surface area contributed by atoms with Crippen molar-refractivity contribution in [2.45, 2.75) is 33.2 Å². The molecule has 0 spiro atoms. The van der Waals surface area contributed by atoms with Crippen LogP contribution in [0, 0.1) is 6.92 Å². The van der Waals surface area contributed by atoms with E-state index in [1.165, 1.54) is 6.08 Å². The fraction of sp³-hybridized carbons (Fsp3) is 0.455. The van der Waals surface area contributed by atoms with Crippen molar-refractivity contribution < 1.29 is 9.21 Å². The lowest BCUT2D eigenvalue weighted by molar-refractivity contribution is -0.116. The Hall–Kier alpha value is -1.58. The molecule has 0 saturated carbocycles. The third kappa shape index (κ3) is 3.23. The van der Waals surface area contributed by atoms with Crippen LogP contribution in [0.3, 0.4) is 0 Å². The van der Waals surface area contributed by atoms with E-state index in [0.29, 0.717) is 12.3 Å². The summed E-state index contributed by atoms with van der Waals surface area (Å²) >= 11 is 0. The molecule has 1 amide bonds. The Morgan fingerprint density at radius 3 is 3.00 bits per heavy atom. The summed E-state index contributed by atoms with van der Waals surface area (Å²) in [5.41, 5.74) is 0.836. The molecule has 0 aromatic carbocycles. The summed E-state index contributed by atoms with van der Waals surface area (Å²) in [7, 11) is 0. The maximum atomic E-state index is 10.9. The predicted octanol–water partition coefficient (Wildman–Crippen LogP) is 1.74. The van der Waals surface area contributed by atoms with E-state index < -0.39 is 0 Å². The number of oxazole rings is 1. The van der Waals surface area contributed by atoms with Crippen LogP contribution < -0.4 is 5.32 Å². The minimum Gasteiger partial charge on any atom is -0.444 e. The van der Waals surface area contributed by atoms with E-state index in [1.54, 1.807) is 0 Å². The molecule has 0 fully saturated rings. The van der Waals surface area contributed by atoms with E-state index in [-0.39, 0.29) is 5.91 Å². The molecule has 1 rings (SSSR count). The second kappa shape index (κ2) is 5.34. The van der Waals surface area contributed by atoms with Crippen molar-refractivity contribution in [2.24, 2.45) is 0 Å². The van der Waals surface area contributed by atoms with Crippen LogP contribution in [-0.2, 0) is 17.8 Å². The molecule has 0 atom stereocenters. The molecular weight excluding hydrogens is 192 g/mol. The van der Waals surface area contributed by atoms with Gasteiger partial charge in [0.2, 0.25) is 5.91 Å². The Bertz CT molecular complexity index is 355. The van der Waals surface area contributed by atoms with Gasteiger partial charge in [0.25, 0.3) is 0 Å². The summed E-state index contributed by atoms with van der Waals surface area (Å²) in [6.07, 6.45) is 3.06. The van der Waals surface area contributed by atoms with Gasteiger partial charge in [0.15, 0.2) is 5.89 Å². The maximum absolute atomic E-state index is 10.9. The standard InChI is InChI=1S/C11H16N2O2/c1-4-6-11-13-8(3)9(15-11)7-12-10(14)5-2/h5H,2,4,6-7H2,1,3H3,(H,12,14). The number of nitrogens with zero attached hydrogens (tertiary/aromatic N) is 1. The summed E-state index contributed by atoms with van der Waals surface area (Å²) in [6, 6.07) is 0. The summed E-state index contributed by atoms with van der Waals surface area (Å²) in [6.45, 7) is 7.68. The molecule has 4 nitrogen and oxygen atoms in total. The highest BCUT2D eigenvalue weighted by molar-refractivity contribution is 5.86. The zero-order chi connectivity index (χ0) is 11.3. The molecule has 1 aromatic heterocycles. The first-order valence-corrected chi connectivity index (χ1v) is 5.02. The molecule has 82 valence electrons. The Morgan fingerprint density at radius 2 is 2.40 bits per heavy atom. The first-order valence-electron chi connectivity index (χ1n) is 5.02. The molecule has 0 bridgehead atoms. The topological polar surface area (TPSA) is 55.1 Å². The van der Waals surface area contributed by atoms with Gasteiger partial charge in [-0.2, -0.15) is 0 Å². The van der Waals surface area contributed by atoms with E-state index in [9.17, 15) is 4.79 Å². The van der Waals surface area contributed by atoms with E-state index in [4.69, 9.17) is 4.42 Å². The minimum atomic E-state index is -0.206. The Kier molecular flexibility index (Phi) is 4.09. The van der Waals surface area contributed by atoms with Crippen molar-refractivity contribution in [2.75, 3.05) is 0 Å². The van der Waals surface area contributed by atoms with Crippen LogP contribution in [0.1, 0.15) is 30.7 Å². The number of nitrogens with one attached hydrogen (secondary N) is 1. The second-order valence-electron chi connectivity index (χ2n) is 3.29. The molecular formula is C11H16N2O2. The smallest absolute Gasteiger partial charge is 0.243 e. The molecule has 15 heavy (non-hydrogen) atoms. The molecule has 1 heterocycles. The van der Waals surface area contributed by atoms with Crippen LogP contribution in [0.25, 0.3) is 0 Å². The van der Waals surface area contributed by atoms with Crippen molar-refractivity contribution in [3.8, 4) is 0 Å². The van der Waals surface area contributed by atoms with Gasteiger partial charge in [-0.15, -0.1) is 0 Å². The number of carbonyl (C=O) groups is 1. The monoisotopic (exact) mass is 208 g/mol. The van der Waals surface area contributed by atoms with E-state index in [1.807, 2.05) is 6.92 Å². The zero-order valence-electron chi connectivity index (χ0n) is 9.17. The first kappa shape index (κ1) is 11.5. The number of amides is 1. The van der Waals surface area contributed by atoms with Crippen LogP contribution in [0.15, 0.2) is 17.1 Å². The van der Waals surface area contributed by atoms with Crippen molar-refractivity contribution in [3.63, 3.8) is 0 Å². The molecule has 0 saturated heterocycles.